The predicted octanol–water partition coefficient (Wildman–Crippen LogP) is 4.85. The number of carbonyl (C=O) groups is 3. The first kappa shape index (κ1) is 19.4. The standard InChI is InChI=1S/C24H20N2O4/c1-14-4-5-15(2)22(12-14)26-23(28)20-11-10-19(13-21(20)24(26)29)30-18-8-6-17(7-9-18)25-16(3)27/h4-13H,1-3H3,(H,25,27). The van der Waals surface area contributed by atoms with Crippen LogP contribution in [0.15, 0.2) is 60.7 Å². The number of hydrogen-bond donors (Lipinski definition) is 1. The van der Waals surface area contributed by atoms with Crippen LogP contribution >= 0.6 is 0 Å². The van der Waals surface area contributed by atoms with Crippen LogP contribution < -0.4 is 15.0 Å². The van der Waals surface area contributed by atoms with E-state index >= 15 is 0 Å². The summed E-state index contributed by atoms with van der Waals surface area (Å²) in [6.45, 7) is 5.23. The third kappa shape index (κ3) is 3.55. The molecule has 0 saturated heterocycles. The molecule has 6 nitrogen and oxygen atoms in total. The Morgan fingerprint density at radius 3 is 2.20 bits per heavy atom. The van der Waals surface area contributed by atoms with Gasteiger partial charge in [0.25, 0.3) is 11.8 Å². The number of nitrogens with one attached hydrogen (secondary N) is 1. The summed E-state index contributed by atoms with van der Waals surface area (Å²) < 4.78 is 5.84. The van der Waals surface area contributed by atoms with Crippen molar-refractivity contribution in [2.75, 3.05) is 10.2 Å². The molecule has 1 heterocycles. The number of aryl methyl sites for hydroxylation is 2. The highest BCUT2D eigenvalue weighted by Gasteiger charge is 2.37. The van der Waals surface area contributed by atoms with E-state index in [1.54, 1.807) is 42.5 Å². The van der Waals surface area contributed by atoms with Crippen LogP contribution in [-0.2, 0) is 4.79 Å². The Morgan fingerprint density at radius 2 is 1.50 bits per heavy atom. The smallest absolute Gasteiger partial charge is 0.266 e. The van der Waals surface area contributed by atoms with Gasteiger partial charge in [0, 0.05) is 12.6 Å². The van der Waals surface area contributed by atoms with Crippen molar-refractivity contribution in [3.63, 3.8) is 0 Å². The highest BCUT2D eigenvalue weighted by molar-refractivity contribution is 6.34. The van der Waals surface area contributed by atoms with Crippen molar-refractivity contribution in [3.8, 4) is 11.5 Å². The van der Waals surface area contributed by atoms with Crippen molar-refractivity contribution in [2.45, 2.75) is 20.8 Å². The number of nitrogens with zero attached hydrogens (tertiary/aromatic N) is 1. The molecule has 30 heavy (non-hydrogen) atoms. The van der Waals surface area contributed by atoms with Crippen LogP contribution in [-0.4, -0.2) is 17.7 Å². The average molecular weight is 400 g/mol. The van der Waals surface area contributed by atoms with Gasteiger partial charge in [-0.1, -0.05) is 12.1 Å². The first-order valence-corrected chi connectivity index (χ1v) is 9.49. The third-order valence-electron chi connectivity index (χ3n) is 4.87. The highest BCUT2D eigenvalue weighted by atomic mass is 16.5. The number of ether oxygens (including phenoxy) is 1. The maximum atomic E-state index is 13.0. The zero-order valence-electron chi connectivity index (χ0n) is 16.9. The number of rotatable bonds is 4. The lowest BCUT2D eigenvalue weighted by Crippen LogP contribution is -2.30. The lowest BCUT2D eigenvalue weighted by molar-refractivity contribution is -0.114. The minimum atomic E-state index is -0.366. The summed E-state index contributed by atoms with van der Waals surface area (Å²) in [5.74, 6) is 0.140. The Morgan fingerprint density at radius 1 is 0.833 bits per heavy atom. The molecule has 3 amide bonds. The molecule has 0 unspecified atom stereocenters. The Balaban J connectivity index is 1.60. The Hall–Kier alpha value is -3.93. The number of fused-ring (bicyclic) bond motifs is 1. The molecule has 0 fully saturated rings. The second kappa shape index (κ2) is 7.48. The molecule has 0 radical (unpaired) electrons. The fourth-order valence-electron chi connectivity index (χ4n) is 3.41. The SMILES string of the molecule is CC(=O)Nc1ccc(Oc2ccc3c(c2)C(=O)N(c2cc(C)ccc2C)C3=O)cc1. The minimum absolute atomic E-state index is 0.154. The van der Waals surface area contributed by atoms with Crippen LogP contribution in [0.3, 0.4) is 0 Å². The number of carbonyl (C=O) groups excluding carboxylic acids is 3. The number of benzene rings is 3. The van der Waals surface area contributed by atoms with Gasteiger partial charge in [0.2, 0.25) is 5.91 Å². The molecule has 3 aromatic rings. The van der Waals surface area contributed by atoms with Gasteiger partial charge < -0.3 is 10.1 Å². The molecule has 1 N–H and O–H groups in total. The van der Waals surface area contributed by atoms with Gasteiger partial charge in [-0.05, 0) is 73.5 Å². The van der Waals surface area contributed by atoms with Gasteiger partial charge >= 0.3 is 0 Å². The van der Waals surface area contributed by atoms with E-state index in [1.807, 2.05) is 32.0 Å². The molecule has 0 saturated carbocycles. The van der Waals surface area contributed by atoms with E-state index in [-0.39, 0.29) is 17.7 Å². The number of amides is 3. The molecule has 0 aromatic heterocycles. The topological polar surface area (TPSA) is 75.7 Å². The summed E-state index contributed by atoms with van der Waals surface area (Å²) in [5, 5.41) is 2.69. The highest BCUT2D eigenvalue weighted by Crippen LogP contribution is 2.34. The van der Waals surface area contributed by atoms with E-state index in [9.17, 15) is 14.4 Å². The molecular weight excluding hydrogens is 380 g/mol. The molecule has 3 aromatic carbocycles. The summed E-state index contributed by atoms with van der Waals surface area (Å²) in [6.07, 6.45) is 0. The van der Waals surface area contributed by atoms with E-state index in [0.29, 0.717) is 34.0 Å². The summed E-state index contributed by atoms with van der Waals surface area (Å²) in [4.78, 5) is 38.3. The summed E-state index contributed by atoms with van der Waals surface area (Å²) >= 11 is 0. The van der Waals surface area contributed by atoms with Crippen LogP contribution in [0.1, 0.15) is 38.8 Å². The lowest BCUT2D eigenvalue weighted by Gasteiger charge is -2.17. The molecule has 0 atom stereocenters. The third-order valence-corrected chi connectivity index (χ3v) is 4.87. The Bertz CT molecular complexity index is 1180. The van der Waals surface area contributed by atoms with E-state index in [0.717, 1.165) is 11.1 Å². The van der Waals surface area contributed by atoms with Gasteiger partial charge in [-0.2, -0.15) is 0 Å². The fourth-order valence-corrected chi connectivity index (χ4v) is 3.41. The van der Waals surface area contributed by atoms with E-state index in [2.05, 4.69) is 5.32 Å². The van der Waals surface area contributed by atoms with E-state index < -0.39 is 0 Å². The van der Waals surface area contributed by atoms with Gasteiger partial charge in [0.1, 0.15) is 11.5 Å². The van der Waals surface area contributed by atoms with Gasteiger partial charge in [0.15, 0.2) is 0 Å². The van der Waals surface area contributed by atoms with Crippen LogP contribution in [0.2, 0.25) is 0 Å². The monoisotopic (exact) mass is 400 g/mol. The van der Waals surface area contributed by atoms with Crippen LogP contribution in [0, 0.1) is 13.8 Å². The molecule has 0 spiro atoms. The average Bonchev–Trinajstić information content (AvgIpc) is 2.95. The van der Waals surface area contributed by atoms with E-state index in [1.165, 1.54) is 11.8 Å². The molecule has 0 bridgehead atoms. The fraction of sp³-hybridized carbons (Fsp3) is 0.125. The van der Waals surface area contributed by atoms with Crippen LogP contribution in [0.5, 0.6) is 11.5 Å². The molecule has 1 aliphatic rings. The molecule has 1 aliphatic heterocycles. The van der Waals surface area contributed by atoms with Crippen LogP contribution in [0.25, 0.3) is 0 Å². The quantitative estimate of drug-likeness (QED) is 0.635. The van der Waals surface area contributed by atoms with Crippen LogP contribution in [0.4, 0.5) is 11.4 Å². The summed E-state index contributed by atoms with van der Waals surface area (Å²) in [6, 6.07) is 17.4. The van der Waals surface area contributed by atoms with Crippen molar-refractivity contribution in [1.29, 1.82) is 0 Å². The summed E-state index contributed by atoms with van der Waals surface area (Å²) in [7, 11) is 0. The Labute approximate surface area is 174 Å². The minimum Gasteiger partial charge on any atom is -0.457 e. The number of imide groups is 1. The Kier molecular flexibility index (Phi) is 4.83. The maximum Gasteiger partial charge on any atom is 0.266 e. The largest absolute Gasteiger partial charge is 0.457 e. The second-order valence-electron chi connectivity index (χ2n) is 7.25. The first-order valence-electron chi connectivity index (χ1n) is 9.49. The number of anilines is 2. The van der Waals surface area contributed by atoms with Crippen molar-refractivity contribution in [3.05, 3.63) is 82.9 Å². The zero-order valence-corrected chi connectivity index (χ0v) is 16.9. The summed E-state index contributed by atoms with van der Waals surface area (Å²) in [5.41, 5.74) is 3.75. The maximum absolute atomic E-state index is 13.0. The lowest BCUT2D eigenvalue weighted by atomic mass is 10.1. The van der Waals surface area contributed by atoms with Gasteiger partial charge in [-0.3, -0.25) is 14.4 Å². The van der Waals surface area contributed by atoms with Crippen molar-refractivity contribution < 1.29 is 19.1 Å². The predicted molar refractivity (Wildman–Crippen MR) is 114 cm³/mol. The second-order valence-corrected chi connectivity index (χ2v) is 7.25. The van der Waals surface area contributed by atoms with Gasteiger partial charge in [-0.25, -0.2) is 4.90 Å². The first-order chi connectivity index (χ1) is 14.3. The molecule has 4 rings (SSSR count). The zero-order chi connectivity index (χ0) is 21.4. The van der Waals surface area contributed by atoms with Crippen molar-refractivity contribution in [2.24, 2.45) is 0 Å². The van der Waals surface area contributed by atoms with E-state index in [4.69, 9.17) is 4.74 Å². The van der Waals surface area contributed by atoms with Crippen molar-refractivity contribution in [1.82, 2.24) is 0 Å². The molecule has 150 valence electrons. The molecular formula is C24H20N2O4. The normalized spacial score (nSPS) is 12.7. The molecule has 0 aliphatic carbocycles. The number of hydrogen-bond acceptors (Lipinski definition) is 4. The van der Waals surface area contributed by atoms with Crippen molar-refractivity contribution >= 4 is 29.1 Å². The van der Waals surface area contributed by atoms with Gasteiger partial charge in [-0.15, -0.1) is 0 Å². The molecule has 6 heteroatoms. The van der Waals surface area contributed by atoms with Gasteiger partial charge in [0.05, 0.1) is 16.8 Å².